The van der Waals surface area contributed by atoms with Crippen LogP contribution in [0.4, 0.5) is 0 Å². The number of ether oxygens (including phenoxy) is 7. The Hall–Kier alpha value is -2.30. The lowest BCUT2D eigenvalue weighted by molar-refractivity contribution is -0.360. The topological polar surface area (TPSA) is 374 Å². The average Bonchev–Trinajstić information content (AvgIpc) is 0.829. The van der Waals surface area contributed by atoms with Gasteiger partial charge in [-0.2, -0.15) is 0 Å². The van der Waals surface area contributed by atoms with Crippen molar-refractivity contribution in [1.29, 1.82) is 0 Å². The minimum Gasteiger partial charge on any atom is -0.463 e. The van der Waals surface area contributed by atoms with Crippen LogP contribution in [0.2, 0.25) is 0 Å². The number of phosphoric acid groups is 1. The van der Waals surface area contributed by atoms with Crippen molar-refractivity contribution in [3.05, 3.63) is 12.2 Å². The summed E-state index contributed by atoms with van der Waals surface area (Å²) in [7, 11) is -5.69. The van der Waals surface area contributed by atoms with Crippen LogP contribution >= 0.6 is 7.82 Å². The van der Waals surface area contributed by atoms with E-state index in [4.69, 9.17) is 42.2 Å². The molecule has 1 saturated carbocycles. The van der Waals surface area contributed by atoms with Gasteiger partial charge in [-0.05, 0) is 44.9 Å². The maximum Gasteiger partial charge on any atom is 0.472 e. The van der Waals surface area contributed by atoms with Crippen LogP contribution in [0.5, 0.6) is 0 Å². The van der Waals surface area contributed by atoms with Gasteiger partial charge >= 0.3 is 25.7 Å². The Labute approximate surface area is 535 Å². The number of phosphoric ester groups is 1. The van der Waals surface area contributed by atoms with Gasteiger partial charge in [0, 0.05) is 19.3 Å². The zero-order valence-corrected chi connectivity index (χ0v) is 55.3. The SMILES string of the molecule is CCCCCCCC/C=C\CCCCCC(=O)OCC(COP(=O)(O)OC1C(OC2OC(CO)C(O)C(O)C2O)C(O)C(O)C(O)C1OC1OC(COC(=O)CCCCCCCCCCCCC)C(O)C(O)C1O)OC(=O)CCCCCCCCCCCCC. The summed E-state index contributed by atoms with van der Waals surface area (Å²) in [6.45, 7) is 3.36. The van der Waals surface area contributed by atoms with Gasteiger partial charge in [0.2, 0.25) is 0 Å². The second-order valence-corrected chi connectivity index (χ2v) is 26.3. The lowest BCUT2D eigenvalue weighted by Crippen LogP contribution is -2.69. The number of rotatable bonds is 52. The first-order valence-electron chi connectivity index (χ1n) is 34.5. The van der Waals surface area contributed by atoms with E-state index in [1.165, 1.54) is 96.3 Å². The fourth-order valence-corrected chi connectivity index (χ4v) is 12.3. The van der Waals surface area contributed by atoms with Gasteiger partial charge in [0.15, 0.2) is 18.7 Å². The molecule has 2 heterocycles. The molecule has 0 radical (unpaired) electrons. The third kappa shape index (κ3) is 32.4. The van der Waals surface area contributed by atoms with E-state index in [9.17, 15) is 74.9 Å². The first kappa shape index (κ1) is 81.9. The lowest BCUT2D eigenvalue weighted by Gasteiger charge is -2.49. The Morgan fingerprint density at radius 2 is 0.778 bits per heavy atom. The minimum absolute atomic E-state index is 0.0273. The van der Waals surface area contributed by atoms with E-state index in [1.54, 1.807) is 0 Å². The van der Waals surface area contributed by atoms with Gasteiger partial charge in [0.05, 0.1) is 13.2 Å². The number of aliphatic hydroxyl groups is 10. The number of hydrogen-bond donors (Lipinski definition) is 11. The highest BCUT2D eigenvalue weighted by atomic mass is 31.2. The summed E-state index contributed by atoms with van der Waals surface area (Å²) in [6, 6.07) is 0. The molecule has 3 fully saturated rings. The van der Waals surface area contributed by atoms with Crippen LogP contribution in [0.1, 0.15) is 252 Å². The Bertz CT molecular complexity index is 1940. The molecule has 3 aliphatic rings. The van der Waals surface area contributed by atoms with Crippen molar-refractivity contribution in [1.82, 2.24) is 0 Å². The van der Waals surface area contributed by atoms with Crippen molar-refractivity contribution in [3.63, 3.8) is 0 Å². The van der Waals surface area contributed by atoms with E-state index < -0.39 is 156 Å². The molecule has 18 unspecified atom stereocenters. The molecular weight excluding hydrogens is 1200 g/mol. The first-order valence-corrected chi connectivity index (χ1v) is 36.0. The molecule has 2 aliphatic heterocycles. The lowest BCUT2D eigenvalue weighted by atomic mass is 9.84. The Kier molecular flexibility index (Phi) is 44.1. The average molecular weight is 1320 g/mol. The highest BCUT2D eigenvalue weighted by Crippen LogP contribution is 2.49. The Balaban J connectivity index is 1.78. The standard InChI is InChI=1S/C65H119O24P/c1-4-7-10-13-16-19-22-23-26-28-30-33-36-39-49(67)81-43-46(84-51(69)41-38-35-32-29-25-21-18-15-12-9-6-3)44-83-90(79,80)89-63-61(87-64-59(77)54(72)52(70)47(42-66)85-64)57(75)56(74)58(76)62(63)88-65-60(78)55(73)53(71)48(86-65)45-82-50(68)40-37-34-31-27-24-20-17-14-11-8-5-2/h23,26,46-48,52-66,70-78H,4-22,24-25,27-45H2,1-3H3,(H,79,80)/b26-23-. The first-order chi connectivity index (χ1) is 43.3. The highest BCUT2D eigenvalue weighted by Gasteiger charge is 2.58. The van der Waals surface area contributed by atoms with Gasteiger partial charge in [-0.25, -0.2) is 4.57 Å². The molecule has 25 heteroatoms. The molecule has 528 valence electrons. The molecule has 0 aromatic rings. The molecule has 11 N–H and O–H groups in total. The summed E-state index contributed by atoms with van der Waals surface area (Å²) in [4.78, 5) is 50.7. The van der Waals surface area contributed by atoms with Crippen LogP contribution in [0.25, 0.3) is 0 Å². The normalized spacial score (nSPS) is 29.0. The molecule has 2 saturated heterocycles. The van der Waals surface area contributed by atoms with E-state index in [0.29, 0.717) is 19.3 Å². The maximum absolute atomic E-state index is 14.3. The maximum atomic E-state index is 14.3. The Morgan fingerprint density at radius 3 is 1.21 bits per heavy atom. The van der Waals surface area contributed by atoms with Crippen LogP contribution in [-0.2, 0) is 61.2 Å². The number of carbonyl (C=O) groups excluding carboxylic acids is 3. The van der Waals surface area contributed by atoms with Crippen molar-refractivity contribution in [3.8, 4) is 0 Å². The largest absolute Gasteiger partial charge is 0.472 e. The molecule has 3 rings (SSSR count). The number of unbranched alkanes of at least 4 members (excludes halogenated alkanes) is 29. The molecule has 0 spiro atoms. The van der Waals surface area contributed by atoms with Gasteiger partial charge < -0.3 is 89.1 Å². The van der Waals surface area contributed by atoms with Gasteiger partial charge in [-0.1, -0.05) is 200 Å². The third-order valence-corrected chi connectivity index (χ3v) is 18.0. The molecule has 90 heavy (non-hydrogen) atoms. The molecule has 18 atom stereocenters. The van der Waals surface area contributed by atoms with Gasteiger partial charge in [-0.3, -0.25) is 23.4 Å². The number of esters is 3. The van der Waals surface area contributed by atoms with Crippen molar-refractivity contribution in [2.45, 2.75) is 356 Å². The molecule has 1 aliphatic carbocycles. The molecular formula is C65H119O24P. The van der Waals surface area contributed by atoms with E-state index in [0.717, 1.165) is 96.3 Å². The van der Waals surface area contributed by atoms with Crippen LogP contribution < -0.4 is 0 Å². The van der Waals surface area contributed by atoms with Gasteiger partial charge in [-0.15, -0.1) is 0 Å². The van der Waals surface area contributed by atoms with Crippen LogP contribution in [0, 0.1) is 0 Å². The van der Waals surface area contributed by atoms with E-state index in [1.807, 2.05) is 0 Å². The number of aliphatic hydroxyl groups excluding tert-OH is 10. The van der Waals surface area contributed by atoms with Crippen LogP contribution in [0.3, 0.4) is 0 Å². The van der Waals surface area contributed by atoms with Crippen LogP contribution in [-0.4, -0.2) is 204 Å². The quantitative estimate of drug-likeness (QED) is 0.00916. The van der Waals surface area contributed by atoms with Gasteiger partial charge in [0.25, 0.3) is 0 Å². The van der Waals surface area contributed by atoms with Crippen molar-refractivity contribution < 1.29 is 117 Å². The summed E-state index contributed by atoms with van der Waals surface area (Å²) in [5, 5.41) is 110. The van der Waals surface area contributed by atoms with Crippen LogP contribution in [0.15, 0.2) is 12.2 Å². The smallest absolute Gasteiger partial charge is 0.463 e. The van der Waals surface area contributed by atoms with Crippen molar-refractivity contribution >= 4 is 25.7 Å². The second-order valence-electron chi connectivity index (χ2n) is 24.9. The van der Waals surface area contributed by atoms with Gasteiger partial charge in [0.1, 0.15) is 98.7 Å². The summed E-state index contributed by atoms with van der Waals surface area (Å²) in [6.07, 6.45) is 3.37. The predicted molar refractivity (Wildman–Crippen MR) is 333 cm³/mol. The third-order valence-electron chi connectivity index (χ3n) is 17.0. The minimum atomic E-state index is -5.69. The fraction of sp³-hybridized carbons (Fsp3) is 0.923. The van der Waals surface area contributed by atoms with Crippen molar-refractivity contribution in [2.75, 3.05) is 26.4 Å². The second kappa shape index (κ2) is 48.4. The summed E-state index contributed by atoms with van der Waals surface area (Å²) in [5.74, 6) is -2.01. The molecule has 24 nitrogen and oxygen atoms in total. The summed E-state index contributed by atoms with van der Waals surface area (Å²) < 4.78 is 64.7. The summed E-state index contributed by atoms with van der Waals surface area (Å²) >= 11 is 0. The fourth-order valence-electron chi connectivity index (χ4n) is 11.3. The zero-order valence-electron chi connectivity index (χ0n) is 54.4. The molecule has 0 bridgehead atoms. The number of carbonyl (C=O) groups is 3. The van der Waals surface area contributed by atoms with E-state index in [-0.39, 0.29) is 19.3 Å². The molecule has 0 aromatic heterocycles. The monoisotopic (exact) mass is 1310 g/mol. The van der Waals surface area contributed by atoms with E-state index in [2.05, 4.69) is 32.9 Å². The zero-order chi connectivity index (χ0) is 66.1. The predicted octanol–water partition coefficient (Wildman–Crippen LogP) is 7.62. The number of hydrogen-bond acceptors (Lipinski definition) is 23. The Morgan fingerprint density at radius 1 is 0.422 bits per heavy atom. The van der Waals surface area contributed by atoms with Crippen molar-refractivity contribution in [2.24, 2.45) is 0 Å². The number of allylic oxidation sites excluding steroid dienone is 2. The van der Waals surface area contributed by atoms with E-state index >= 15 is 0 Å². The molecule has 0 aromatic carbocycles. The highest BCUT2D eigenvalue weighted by molar-refractivity contribution is 7.47. The molecule has 0 amide bonds. The summed E-state index contributed by atoms with van der Waals surface area (Å²) in [5.41, 5.74) is 0.